The highest BCUT2D eigenvalue weighted by Gasteiger charge is 2.23. The summed E-state index contributed by atoms with van der Waals surface area (Å²) < 4.78 is 8.68. The lowest BCUT2D eigenvalue weighted by molar-refractivity contribution is -0.115. The number of methoxy groups -OCH3 is 1. The number of benzene rings is 3. The van der Waals surface area contributed by atoms with Gasteiger partial charge in [0.15, 0.2) is 5.16 Å². The highest BCUT2D eigenvalue weighted by Crippen LogP contribution is 2.28. The van der Waals surface area contributed by atoms with Gasteiger partial charge < -0.3 is 10.1 Å². The van der Waals surface area contributed by atoms with Crippen molar-refractivity contribution in [2.24, 2.45) is 0 Å². The molecule has 1 amide bonds. The first-order valence-electron chi connectivity index (χ1n) is 11.5. The van der Waals surface area contributed by atoms with E-state index in [-0.39, 0.29) is 11.5 Å². The van der Waals surface area contributed by atoms with E-state index < -0.39 is 5.25 Å². The Labute approximate surface area is 211 Å². The van der Waals surface area contributed by atoms with E-state index in [0.29, 0.717) is 33.3 Å². The quantitative estimate of drug-likeness (QED) is 0.338. The van der Waals surface area contributed by atoms with E-state index in [0.717, 1.165) is 16.8 Å². The Balaban J connectivity index is 1.59. The van der Waals surface area contributed by atoms with Crippen LogP contribution in [0.15, 0.2) is 76.7 Å². The number of fused-ring (bicyclic) bond motifs is 3. The third-order valence-corrected chi connectivity index (χ3v) is 7.24. The van der Waals surface area contributed by atoms with Gasteiger partial charge in [0.05, 0.1) is 29.0 Å². The number of ether oxygens (including phenoxy) is 1. The molecule has 0 saturated carbocycles. The summed E-state index contributed by atoms with van der Waals surface area (Å²) in [7, 11) is 1.58. The van der Waals surface area contributed by atoms with Crippen LogP contribution in [0.1, 0.15) is 18.1 Å². The highest BCUT2D eigenvalue weighted by molar-refractivity contribution is 8.00. The van der Waals surface area contributed by atoms with Crippen LogP contribution in [0.2, 0.25) is 0 Å². The SMILES string of the molecule is COc1cccc(NC(=O)C(C)Sc2nnc3n(-c4cccc(C)c4C)c(=O)c4ccccc4n23)c1. The van der Waals surface area contributed by atoms with Crippen LogP contribution >= 0.6 is 11.8 Å². The molecule has 5 rings (SSSR count). The Morgan fingerprint density at radius 1 is 1.03 bits per heavy atom. The van der Waals surface area contributed by atoms with E-state index >= 15 is 0 Å². The molecule has 0 fully saturated rings. The van der Waals surface area contributed by atoms with Gasteiger partial charge in [-0.1, -0.05) is 42.1 Å². The Bertz CT molecular complexity index is 1670. The molecule has 0 aliphatic carbocycles. The molecule has 0 aliphatic rings. The summed E-state index contributed by atoms with van der Waals surface area (Å²) in [5.41, 5.74) is 3.98. The molecule has 0 saturated heterocycles. The molecule has 1 atom stereocenters. The lowest BCUT2D eigenvalue weighted by Crippen LogP contribution is -2.24. The van der Waals surface area contributed by atoms with Crippen molar-refractivity contribution in [3.05, 3.63) is 88.2 Å². The zero-order valence-electron chi connectivity index (χ0n) is 20.4. The predicted octanol–water partition coefficient (Wildman–Crippen LogP) is 4.78. The van der Waals surface area contributed by atoms with Crippen LogP contribution in [0.3, 0.4) is 0 Å². The van der Waals surface area contributed by atoms with Crippen molar-refractivity contribution in [1.29, 1.82) is 0 Å². The van der Waals surface area contributed by atoms with Gasteiger partial charge in [-0.2, -0.15) is 0 Å². The van der Waals surface area contributed by atoms with Crippen molar-refractivity contribution in [3.8, 4) is 11.4 Å². The maximum absolute atomic E-state index is 13.6. The number of amides is 1. The van der Waals surface area contributed by atoms with Crippen LogP contribution in [0, 0.1) is 13.8 Å². The van der Waals surface area contributed by atoms with E-state index in [1.165, 1.54) is 11.8 Å². The van der Waals surface area contributed by atoms with E-state index in [4.69, 9.17) is 4.74 Å². The summed E-state index contributed by atoms with van der Waals surface area (Å²) in [6, 6.07) is 20.4. The summed E-state index contributed by atoms with van der Waals surface area (Å²) in [5.74, 6) is 0.875. The van der Waals surface area contributed by atoms with Crippen molar-refractivity contribution >= 4 is 40.0 Å². The van der Waals surface area contributed by atoms with Gasteiger partial charge in [-0.25, -0.2) is 4.57 Å². The predicted molar refractivity (Wildman–Crippen MR) is 143 cm³/mol. The number of anilines is 1. The van der Waals surface area contributed by atoms with Gasteiger partial charge in [0.1, 0.15) is 5.75 Å². The number of nitrogens with zero attached hydrogens (tertiary/aromatic N) is 4. The number of para-hydroxylation sites is 1. The third-order valence-electron chi connectivity index (χ3n) is 6.20. The molecule has 1 unspecified atom stereocenters. The average Bonchev–Trinajstić information content (AvgIpc) is 3.30. The first kappa shape index (κ1) is 23.6. The molecule has 2 heterocycles. The second-order valence-electron chi connectivity index (χ2n) is 8.48. The molecule has 0 radical (unpaired) electrons. The van der Waals surface area contributed by atoms with Gasteiger partial charge in [-0.3, -0.25) is 14.0 Å². The van der Waals surface area contributed by atoms with E-state index in [1.54, 1.807) is 29.9 Å². The standard InChI is InChI=1S/C27H25N5O3S/c1-16-9-7-14-22(17(16)2)31-25(34)21-12-5-6-13-23(21)32-26(31)29-30-27(32)36-18(3)24(33)28-19-10-8-11-20(15-19)35-4/h5-15,18H,1-4H3,(H,28,33). The van der Waals surface area contributed by atoms with Crippen LogP contribution in [-0.2, 0) is 4.79 Å². The molecule has 182 valence electrons. The molecule has 36 heavy (non-hydrogen) atoms. The van der Waals surface area contributed by atoms with Crippen molar-refractivity contribution in [3.63, 3.8) is 0 Å². The summed E-state index contributed by atoms with van der Waals surface area (Å²) in [4.78, 5) is 26.6. The lowest BCUT2D eigenvalue weighted by Gasteiger charge is -2.15. The fourth-order valence-corrected chi connectivity index (χ4v) is 4.96. The molecular formula is C27H25N5O3S. The minimum Gasteiger partial charge on any atom is -0.497 e. The molecule has 3 aromatic carbocycles. The Hall–Kier alpha value is -4.11. The normalized spacial score (nSPS) is 12.1. The topological polar surface area (TPSA) is 90.5 Å². The number of hydrogen-bond donors (Lipinski definition) is 1. The maximum Gasteiger partial charge on any atom is 0.267 e. The number of hydrogen-bond acceptors (Lipinski definition) is 6. The van der Waals surface area contributed by atoms with Gasteiger partial charge in [-0.15, -0.1) is 10.2 Å². The Morgan fingerprint density at radius 2 is 1.81 bits per heavy atom. The van der Waals surface area contributed by atoms with Crippen molar-refractivity contribution in [2.45, 2.75) is 31.2 Å². The summed E-state index contributed by atoms with van der Waals surface area (Å²) in [5, 5.41) is 12.3. The molecule has 1 N–H and O–H groups in total. The van der Waals surface area contributed by atoms with Crippen LogP contribution in [-0.4, -0.2) is 37.4 Å². The first-order valence-corrected chi connectivity index (χ1v) is 12.3. The molecule has 0 aliphatic heterocycles. The summed E-state index contributed by atoms with van der Waals surface area (Å²) >= 11 is 1.28. The first-order chi connectivity index (χ1) is 17.4. The van der Waals surface area contributed by atoms with Gasteiger partial charge in [0.25, 0.3) is 5.56 Å². The number of aromatic nitrogens is 4. The van der Waals surface area contributed by atoms with Gasteiger partial charge >= 0.3 is 0 Å². The molecule has 2 aromatic heterocycles. The maximum atomic E-state index is 13.6. The highest BCUT2D eigenvalue weighted by atomic mass is 32.2. The molecular weight excluding hydrogens is 474 g/mol. The average molecular weight is 500 g/mol. The fraction of sp³-hybridized carbons (Fsp3) is 0.185. The molecule has 0 spiro atoms. The van der Waals surface area contributed by atoms with Gasteiger partial charge in [-0.05, 0) is 62.2 Å². The monoisotopic (exact) mass is 499 g/mol. The number of nitrogens with one attached hydrogen (secondary N) is 1. The summed E-state index contributed by atoms with van der Waals surface area (Å²) in [6.45, 7) is 5.81. The Kier molecular flexibility index (Phi) is 6.24. The fourth-order valence-electron chi connectivity index (χ4n) is 4.11. The van der Waals surface area contributed by atoms with Crippen LogP contribution in [0.5, 0.6) is 5.75 Å². The second-order valence-corrected chi connectivity index (χ2v) is 9.78. The number of aryl methyl sites for hydroxylation is 1. The number of carbonyl (C=O) groups is 1. The number of carbonyl (C=O) groups excluding carboxylic acids is 1. The minimum absolute atomic E-state index is 0.167. The van der Waals surface area contributed by atoms with Crippen molar-refractivity contribution in [2.75, 3.05) is 12.4 Å². The minimum atomic E-state index is -0.483. The Morgan fingerprint density at radius 3 is 2.61 bits per heavy atom. The van der Waals surface area contributed by atoms with Crippen LogP contribution in [0.4, 0.5) is 5.69 Å². The second kappa shape index (κ2) is 9.50. The lowest BCUT2D eigenvalue weighted by atomic mass is 10.1. The number of thioether (sulfide) groups is 1. The van der Waals surface area contributed by atoms with Gasteiger partial charge in [0, 0.05) is 11.8 Å². The molecule has 5 aromatic rings. The van der Waals surface area contributed by atoms with Crippen molar-refractivity contribution in [1.82, 2.24) is 19.2 Å². The zero-order valence-corrected chi connectivity index (χ0v) is 21.2. The van der Waals surface area contributed by atoms with E-state index in [2.05, 4.69) is 15.5 Å². The molecule has 9 heteroatoms. The third kappa shape index (κ3) is 4.11. The largest absolute Gasteiger partial charge is 0.497 e. The van der Waals surface area contributed by atoms with Gasteiger partial charge in [0.2, 0.25) is 11.7 Å². The van der Waals surface area contributed by atoms with E-state index in [9.17, 15) is 9.59 Å². The molecule has 8 nitrogen and oxygen atoms in total. The molecule has 0 bridgehead atoms. The van der Waals surface area contributed by atoms with Crippen molar-refractivity contribution < 1.29 is 9.53 Å². The van der Waals surface area contributed by atoms with Crippen LogP contribution < -0.4 is 15.6 Å². The number of rotatable bonds is 6. The van der Waals surface area contributed by atoms with E-state index in [1.807, 2.05) is 73.7 Å². The zero-order chi connectivity index (χ0) is 25.4. The van der Waals surface area contributed by atoms with Crippen LogP contribution in [0.25, 0.3) is 22.4 Å². The summed E-state index contributed by atoms with van der Waals surface area (Å²) in [6.07, 6.45) is 0. The smallest absolute Gasteiger partial charge is 0.267 e.